The Morgan fingerprint density at radius 2 is 2.32 bits per heavy atom. The van der Waals surface area contributed by atoms with Crippen LogP contribution in [0, 0.1) is 5.82 Å². The minimum Gasteiger partial charge on any atom is -0.490 e. The second kappa shape index (κ2) is 6.02. The van der Waals surface area contributed by atoms with Crippen molar-refractivity contribution in [3.8, 4) is 5.75 Å². The molecule has 3 N–H and O–H groups in total. The predicted molar refractivity (Wildman–Crippen MR) is 70.3 cm³/mol. The summed E-state index contributed by atoms with van der Waals surface area (Å²) in [5.41, 5.74) is 6.38. The van der Waals surface area contributed by atoms with Crippen molar-refractivity contribution in [1.29, 1.82) is 0 Å². The van der Waals surface area contributed by atoms with Crippen molar-refractivity contribution >= 4 is 5.91 Å². The van der Waals surface area contributed by atoms with E-state index >= 15 is 0 Å². The molecule has 1 saturated carbocycles. The molecule has 1 fully saturated rings. The molecule has 1 aromatic rings. The molecule has 2 rings (SSSR count). The molecule has 0 heterocycles. The molecule has 4 nitrogen and oxygen atoms in total. The fourth-order valence-corrected chi connectivity index (χ4v) is 1.70. The largest absolute Gasteiger partial charge is 0.490 e. The Hall–Kier alpha value is -1.62. The molecule has 0 spiro atoms. The number of amides is 1. The molecule has 1 aliphatic rings. The smallest absolute Gasteiger partial charge is 0.223 e. The second-order valence-electron chi connectivity index (χ2n) is 4.92. The van der Waals surface area contributed by atoms with Gasteiger partial charge in [0.25, 0.3) is 0 Å². The molecule has 1 aliphatic carbocycles. The molecule has 104 valence electrons. The molecule has 0 unspecified atom stereocenters. The van der Waals surface area contributed by atoms with Crippen LogP contribution in [-0.4, -0.2) is 18.6 Å². The molecular formula is C14H19FN2O2. The molecule has 0 radical (unpaired) electrons. The summed E-state index contributed by atoms with van der Waals surface area (Å²) in [6.45, 7) is 1.96. The summed E-state index contributed by atoms with van der Waals surface area (Å²) in [7, 11) is 0. The summed E-state index contributed by atoms with van der Waals surface area (Å²) < 4.78 is 18.9. The van der Waals surface area contributed by atoms with Crippen molar-refractivity contribution < 1.29 is 13.9 Å². The number of hydrogen-bond acceptors (Lipinski definition) is 3. The van der Waals surface area contributed by atoms with E-state index in [0.717, 1.165) is 18.4 Å². The van der Waals surface area contributed by atoms with Crippen LogP contribution in [0.5, 0.6) is 5.75 Å². The normalized spacial score (nSPS) is 15.9. The molecule has 0 aromatic heterocycles. The maximum atomic E-state index is 13.7. The SMILES string of the molecule is C[C@H](N)c1ccc(OCCC(=O)NC2CC2)c(F)c1. The van der Waals surface area contributed by atoms with Crippen LogP contribution < -0.4 is 15.8 Å². The maximum absolute atomic E-state index is 13.7. The average molecular weight is 266 g/mol. The van der Waals surface area contributed by atoms with Gasteiger partial charge in [-0.05, 0) is 37.5 Å². The monoisotopic (exact) mass is 266 g/mol. The first-order valence-corrected chi connectivity index (χ1v) is 6.53. The number of carbonyl (C=O) groups excluding carboxylic acids is 1. The van der Waals surface area contributed by atoms with E-state index in [1.54, 1.807) is 19.1 Å². The molecule has 1 aromatic carbocycles. The number of nitrogens with two attached hydrogens (primary N) is 1. The summed E-state index contributed by atoms with van der Waals surface area (Å²) >= 11 is 0. The zero-order valence-electron chi connectivity index (χ0n) is 11.0. The number of halogens is 1. The van der Waals surface area contributed by atoms with Gasteiger partial charge in [0.1, 0.15) is 0 Å². The third kappa shape index (κ3) is 4.21. The first kappa shape index (κ1) is 13.8. The lowest BCUT2D eigenvalue weighted by Gasteiger charge is -2.10. The van der Waals surface area contributed by atoms with E-state index in [1.165, 1.54) is 6.07 Å². The zero-order chi connectivity index (χ0) is 13.8. The first-order valence-electron chi connectivity index (χ1n) is 6.53. The van der Waals surface area contributed by atoms with Gasteiger partial charge >= 0.3 is 0 Å². The van der Waals surface area contributed by atoms with Gasteiger partial charge in [0.15, 0.2) is 11.6 Å². The molecule has 0 bridgehead atoms. The van der Waals surface area contributed by atoms with E-state index in [2.05, 4.69) is 5.32 Å². The minimum absolute atomic E-state index is 0.0462. The van der Waals surface area contributed by atoms with Gasteiger partial charge in [-0.1, -0.05) is 6.07 Å². The lowest BCUT2D eigenvalue weighted by molar-refractivity contribution is -0.121. The minimum atomic E-state index is -0.447. The Morgan fingerprint density at radius 3 is 2.89 bits per heavy atom. The van der Waals surface area contributed by atoms with E-state index < -0.39 is 5.82 Å². The molecule has 0 aliphatic heterocycles. The van der Waals surface area contributed by atoms with Crippen LogP contribution in [0.1, 0.15) is 37.8 Å². The van der Waals surface area contributed by atoms with Gasteiger partial charge in [0.2, 0.25) is 5.91 Å². The summed E-state index contributed by atoms with van der Waals surface area (Å²) in [5, 5.41) is 2.85. The molecule has 19 heavy (non-hydrogen) atoms. The van der Waals surface area contributed by atoms with Crippen molar-refractivity contribution in [3.63, 3.8) is 0 Å². The second-order valence-corrected chi connectivity index (χ2v) is 4.92. The quantitative estimate of drug-likeness (QED) is 0.826. The number of carbonyl (C=O) groups is 1. The Kier molecular flexibility index (Phi) is 4.37. The van der Waals surface area contributed by atoms with Gasteiger partial charge in [-0.25, -0.2) is 4.39 Å². The Morgan fingerprint density at radius 1 is 1.58 bits per heavy atom. The molecule has 1 amide bonds. The Bertz CT molecular complexity index is 459. The third-order valence-electron chi connectivity index (χ3n) is 3.01. The summed E-state index contributed by atoms with van der Waals surface area (Å²) in [4.78, 5) is 11.4. The predicted octanol–water partition coefficient (Wildman–Crippen LogP) is 1.89. The van der Waals surface area contributed by atoms with Gasteiger partial charge in [-0.3, -0.25) is 4.79 Å². The van der Waals surface area contributed by atoms with Gasteiger partial charge in [0, 0.05) is 12.1 Å². The van der Waals surface area contributed by atoms with Crippen molar-refractivity contribution in [2.75, 3.05) is 6.61 Å². The molecule has 0 saturated heterocycles. The highest BCUT2D eigenvalue weighted by molar-refractivity contribution is 5.76. The fraction of sp³-hybridized carbons (Fsp3) is 0.500. The van der Waals surface area contributed by atoms with E-state index in [1.807, 2.05) is 0 Å². The number of ether oxygens (including phenoxy) is 1. The van der Waals surface area contributed by atoms with Crippen LogP contribution in [-0.2, 0) is 4.79 Å². The van der Waals surface area contributed by atoms with Crippen molar-refractivity contribution in [2.45, 2.75) is 38.3 Å². The van der Waals surface area contributed by atoms with E-state index in [-0.39, 0.29) is 30.7 Å². The third-order valence-corrected chi connectivity index (χ3v) is 3.01. The Balaban J connectivity index is 1.80. The van der Waals surface area contributed by atoms with Crippen LogP contribution in [0.25, 0.3) is 0 Å². The van der Waals surface area contributed by atoms with Gasteiger partial charge in [-0.2, -0.15) is 0 Å². The van der Waals surface area contributed by atoms with Crippen LogP contribution in [0.3, 0.4) is 0 Å². The van der Waals surface area contributed by atoms with Crippen molar-refractivity contribution in [3.05, 3.63) is 29.6 Å². The highest BCUT2D eigenvalue weighted by atomic mass is 19.1. The van der Waals surface area contributed by atoms with Gasteiger partial charge in [0.05, 0.1) is 13.0 Å². The number of nitrogens with one attached hydrogen (secondary N) is 1. The number of benzene rings is 1. The summed E-state index contributed by atoms with van der Waals surface area (Å²) in [6.07, 6.45) is 2.35. The van der Waals surface area contributed by atoms with Crippen LogP contribution in [0.15, 0.2) is 18.2 Å². The lowest BCUT2D eigenvalue weighted by atomic mass is 10.1. The lowest BCUT2D eigenvalue weighted by Crippen LogP contribution is -2.26. The Labute approximate surface area is 112 Å². The van der Waals surface area contributed by atoms with Crippen molar-refractivity contribution in [2.24, 2.45) is 5.73 Å². The van der Waals surface area contributed by atoms with Crippen LogP contribution >= 0.6 is 0 Å². The topological polar surface area (TPSA) is 64.3 Å². The highest BCUT2D eigenvalue weighted by Gasteiger charge is 2.22. The van der Waals surface area contributed by atoms with E-state index in [9.17, 15) is 9.18 Å². The summed E-state index contributed by atoms with van der Waals surface area (Å²) in [6, 6.07) is 4.77. The summed E-state index contributed by atoms with van der Waals surface area (Å²) in [5.74, 6) is -0.337. The first-order chi connectivity index (χ1) is 9.06. The molecule has 1 atom stereocenters. The van der Waals surface area contributed by atoms with Crippen LogP contribution in [0.4, 0.5) is 4.39 Å². The zero-order valence-corrected chi connectivity index (χ0v) is 11.0. The van der Waals surface area contributed by atoms with Gasteiger partial charge < -0.3 is 15.8 Å². The maximum Gasteiger partial charge on any atom is 0.223 e. The van der Waals surface area contributed by atoms with Gasteiger partial charge in [-0.15, -0.1) is 0 Å². The van der Waals surface area contributed by atoms with Crippen LogP contribution in [0.2, 0.25) is 0 Å². The molecule has 5 heteroatoms. The van der Waals surface area contributed by atoms with E-state index in [4.69, 9.17) is 10.5 Å². The average Bonchev–Trinajstić information content (AvgIpc) is 3.14. The van der Waals surface area contributed by atoms with Crippen molar-refractivity contribution in [1.82, 2.24) is 5.32 Å². The standard InChI is InChI=1S/C14H19FN2O2/c1-9(16)10-2-5-13(12(15)8-10)19-7-6-14(18)17-11-3-4-11/h2,5,8-9,11H,3-4,6-7,16H2,1H3,(H,17,18)/t9-/m0/s1. The number of hydrogen-bond donors (Lipinski definition) is 2. The molecular weight excluding hydrogens is 247 g/mol. The van der Waals surface area contributed by atoms with E-state index in [0.29, 0.717) is 6.04 Å². The highest BCUT2D eigenvalue weighted by Crippen LogP contribution is 2.21. The fourth-order valence-electron chi connectivity index (χ4n) is 1.70. The number of rotatable bonds is 6.